The fourth-order valence-electron chi connectivity index (χ4n) is 8.58. The van der Waals surface area contributed by atoms with E-state index in [1.54, 1.807) is 0 Å². The van der Waals surface area contributed by atoms with Crippen molar-refractivity contribution in [3.63, 3.8) is 0 Å². The van der Waals surface area contributed by atoms with Gasteiger partial charge in [0.2, 0.25) is 0 Å². The maximum absolute atomic E-state index is 12.8. The van der Waals surface area contributed by atoms with Gasteiger partial charge in [0.1, 0.15) is 0 Å². The molecule has 8 aromatic carbocycles. The fraction of sp³-hybridized carbons (Fsp3) is 0.0889. The number of rotatable bonds is 3. The summed E-state index contributed by atoms with van der Waals surface area (Å²) >= 11 is 0. The van der Waals surface area contributed by atoms with Crippen molar-refractivity contribution in [2.75, 3.05) is 0 Å². The molecule has 0 spiro atoms. The van der Waals surface area contributed by atoms with E-state index in [-0.39, 0.29) is 5.78 Å². The van der Waals surface area contributed by atoms with Crippen LogP contribution in [0, 0.1) is 0 Å². The molecule has 0 unspecified atom stereocenters. The minimum absolute atomic E-state index is 0.271. The molecule has 0 fully saturated rings. The molecule has 0 radical (unpaired) electrons. The lowest BCUT2D eigenvalue weighted by Crippen LogP contribution is -1.95. The van der Waals surface area contributed by atoms with Crippen LogP contribution in [0.3, 0.4) is 0 Å². The van der Waals surface area contributed by atoms with Crippen molar-refractivity contribution < 1.29 is 4.79 Å². The maximum Gasteiger partial charge on any atom is 0.164 e. The maximum atomic E-state index is 12.8. The SMILES string of the molecule is O=C1CCc2cc(-c3ccc(-c4c5ccccc5c(-c5ccc6c7c(cccc57)CC6)c5ccccc45)cc3)c3ccccc3c21. The summed E-state index contributed by atoms with van der Waals surface area (Å²) in [6.45, 7) is 0. The summed E-state index contributed by atoms with van der Waals surface area (Å²) in [5, 5.41) is 10.2. The van der Waals surface area contributed by atoms with Gasteiger partial charge in [-0.2, -0.15) is 0 Å². The minimum Gasteiger partial charge on any atom is -0.294 e. The second-order valence-corrected chi connectivity index (χ2v) is 13.0. The van der Waals surface area contributed by atoms with E-state index in [9.17, 15) is 4.79 Å². The van der Waals surface area contributed by atoms with E-state index < -0.39 is 0 Å². The Bertz CT molecular complexity index is 2520. The largest absolute Gasteiger partial charge is 0.294 e. The van der Waals surface area contributed by atoms with Gasteiger partial charge in [0.05, 0.1) is 0 Å². The van der Waals surface area contributed by atoms with E-state index in [1.165, 1.54) is 82.4 Å². The van der Waals surface area contributed by atoms with Gasteiger partial charge >= 0.3 is 0 Å². The predicted octanol–water partition coefficient (Wildman–Crippen LogP) is 11.5. The van der Waals surface area contributed by atoms with Crippen molar-refractivity contribution in [2.24, 2.45) is 0 Å². The highest BCUT2D eigenvalue weighted by Crippen LogP contribution is 2.47. The molecule has 0 amide bonds. The first-order chi connectivity index (χ1) is 22.7. The average Bonchev–Trinajstić information content (AvgIpc) is 3.71. The van der Waals surface area contributed by atoms with Crippen LogP contribution in [0.4, 0.5) is 0 Å². The Morgan fingerprint density at radius 3 is 1.54 bits per heavy atom. The van der Waals surface area contributed by atoms with Gasteiger partial charge in [-0.25, -0.2) is 0 Å². The van der Waals surface area contributed by atoms with Gasteiger partial charge in [0.15, 0.2) is 5.78 Å². The second kappa shape index (κ2) is 9.73. The number of benzene rings is 8. The first-order valence-corrected chi connectivity index (χ1v) is 16.4. The van der Waals surface area contributed by atoms with E-state index in [4.69, 9.17) is 0 Å². The summed E-state index contributed by atoms with van der Waals surface area (Å²) in [7, 11) is 0. The van der Waals surface area contributed by atoms with Crippen LogP contribution in [0.5, 0.6) is 0 Å². The summed E-state index contributed by atoms with van der Waals surface area (Å²) in [5.41, 5.74) is 12.6. The molecule has 2 aliphatic carbocycles. The van der Waals surface area contributed by atoms with E-state index in [0.717, 1.165) is 35.6 Å². The van der Waals surface area contributed by atoms with Crippen LogP contribution >= 0.6 is 0 Å². The fourth-order valence-corrected chi connectivity index (χ4v) is 8.58. The topological polar surface area (TPSA) is 17.1 Å². The third-order valence-corrected chi connectivity index (χ3v) is 10.6. The lowest BCUT2D eigenvalue weighted by Gasteiger charge is -2.19. The summed E-state index contributed by atoms with van der Waals surface area (Å²) in [6, 6.07) is 49.2. The molecular weight excluding hydrogens is 556 g/mol. The summed E-state index contributed by atoms with van der Waals surface area (Å²) in [6.07, 6.45) is 3.70. The van der Waals surface area contributed by atoms with Crippen LogP contribution in [0.25, 0.3) is 76.5 Å². The third kappa shape index (κ3) is 3.60. The van der Waals surface area contributed by atoms with Gasteiger partial charge < -0.3 is 0 Å². The van der Waals surface area contributed by atoms with Gasteiger partial charge in [-0.1, -0.05) is 127 Å². The van der Waals surface area contributed by atoms with Gasteiger partial charge in [-0.15, -0.1) is 0 Å². The molecule has 216 valence electrons. The van der Waals surface area contributed by atoms with Crippen molar-refractivity contribution in [3.8, 4) is 33.4 Å². The van der Waals surface area contributed by atoms with Crippen LogP contribution in [0.1, 0.15) is 33.5 Å². The highest BCUT2D eigenvalue weighted by atomic mass is 16.1. The van der Waals surface area contributed by atoms with E-state index in [0.29, 0.717) is 6.42 Å². The minimum atomic E-state index is 0.271. The molecule has 0 bridgehead atoms. The highest BCUT2D eigenvalue weighted by molar-refractivity contribution is 6.24. The number of hydrogen-bond acceptors (Lipinski definition) is 1. The average molecular weight is 587 g/mol. The van der Waals surface area contributed by atoms with Gasteiger partial charge in [0, 0.05) is 12.0 Å². The zero-order valence-corrected chi connectivity index (χ0v) is 25.4. The lowest BCUT2D eigenvalue weighted by atomic mass is 9.84. The molecule has 0 N–H and O–H groups in total. The molecule has 46 heavy (non-hydrogen) atoms. The molecule has 0 saturated heterocycles. The van der Waals surface area contributed by atoms with Crippen LogP contribution in [-0.2, 0) is 19.3 Å². The Kier molecular flexibility index (Phi) is 5.45. The molecule has 0 atom stereocenters. The molecule has 10 rings (SSSR count). The molecule has 1 nitrogen and oxygen atoms in total. The molecule has 8 aromatic rings. The van der Waals surface area contributed by atoms with Crippen molar-refractivity contribution in [2.45, 2.75) is 25.7 Å². The Morgan fingerprint density at radius 2 is 0.870 bits per heavy atom. The van der Waals surface area contributed by atoms with Crippen molar-refractivity contribution >= 4 is 48.9 Å². The zero-order chi connectivity index (χ0) is 30.4. The number of carbonyl (C=O) groups is 1. The lowest BCUT2D eigenvalue weighted by molar-refractivity contribution is 0.0996. The summed E-state index contributed by atoms with van der Waals surface area (Å²) < 4.78 is 0. The van der Waals surface area contributed by atoms with E-state index >= 15 is 0 Å². The van der Waals surface area contributed by atoms with Gasteiger partial charge in [-0.3, -0.25) is 4.79 Å². The van der Waals surface area contributed by atoms with Crippen LogP contribution in [0.15, 0.2) is 133 Å². The molecular formula is C45H30O. The molecule has 2 aliphatic rings. The summed E-state index contributed by atoms with van der Waals surface area (Å²) in [4.78, 5) is 12.8. The van der Waals surface area contributed by atoms with Crippen molar-refractivity contribution in [3.05, 3.63) is 156 Å². The normalized spacial score (nSPS) is 13.8. The smallest absolute Gasteiger partial charge is 0.164 e. The Hall–Kier alpha value is -5.53. The second-order valence-electron chi connectivity index (χ2n) is 13.0. The van der Waals surface area contributed by atoms with Crippen molar-refractivity contribution in [1.82, 2.24) is 0 Å². The Labute approximate surface area is 267 Å². The quantitative estimate of drug-likeness (QED) is 0.188. The molecule has 0 aliphatic heterocycles. The van der Waals surface area contributed by atoms with Gasteiger partial charge in [-0.05, 0) is 118 Å². The number of fused-ring (bicyclic) bond motifs is 5. The predicted molar refractivity (Wildman–Crippen MR) is 193 cm³/mol. The molecule has 1 heteroatoms. The number of carbonyl (C=O) groups excluding carboxylic acids is 1. The summed E-state index contributed by atoms with van der Waals surface area (Å²) in [5.74, 6) is 0.271. The Morgan fingerprint density at radius 1 is 0.348 bits per heavy atom. The van der Waals surface area contributed by atoms with Crippen LogP contribution in [-0.4, -0.2) is 5.78 Å². The van der Waals surface area contributed by atoms with Gasteiger partial charge in [0.25, 0.3) is 0 Å². The first-order valence-electron chi connectivity index (χ1n) is 16.4. The van der Waals surface area contributed by atoms with E-state index in [1.807, 2.05) is 6.07 Å². The number of aryl methyl sites for hydroxylation is 3. The molecule has 0 saturated carbocycles. The number of ketones is 1. The first kappa shape index (κ1) is 25.8. The highest BCUT2D eigenvalue weighted by Gasteiger charge is 2.25. The van der Waals surface area contributed by atoms with E-state index in [2.05, 4.69) is 127 Å². The van der Waals surface area contributed by atoms with Crippen LogP contribution < -0.4 is 0 Å². The zero-order valence-electron chi connectivity index (χ0n) is 25.4. The molecule has 0 aromatic heterocycles. The van der Waals surface area contributed by atoms with Crippen molar-refractivity contribution in [1.29, 1.82) is 0 Å². The van der Waals surface area contributed by atoms with Crippen LogP contribution in [0.2, 0.25) is 0 Å². The third-order valence-electron chi connectivity index (χ3n) is 10.6. The monoisotopic (exact) mass is 586 g/mol. The standard InChI is InChI=1S/C45H30O/c46-41-25-23-31-26-40(32-9-1-2-10-33(32)44(31)41)27-16-18-30(19-17-27)43-35-11-3-5-13-37(35)45(38-14-6-4-12-36(38)43)39-24-22-29-21-20-28-8-7-15-34(39)42(28)29/h1-19,22,24,26H,20-21,23,25H2. The molecule has 0 heterocycles. The number of Topliss-reactive ketones (excluding diaryl/α,β-unsaturated/α-hetero) is 1. The number of hydrogen-bond donors (Lipinski definition) is 0. The Balaban J connectivity index is 1.20.